The SMILES string of the molecule is C#CCn1c(=NC(=O)c2ccccc2S(C)(=O)=O)sc2cc(C)ccc21. The second-order valence-electron chi connectivity index (χ2n) is 5.83. The van der Waals surface area contributed by atoms with Crippen LogP contribution in [0.2, 0.25) is 0 Å². The molecule has 0 bridgehead atoms. The molecule has 5 nitrogen and oxygen atoms in total. The van der Waals surface area contributed by atoms with Crippen LogP contribution in [0.25, 0.3) is 10.2 Å². The minimum absolute atomic E-state index is 0.0331. The first-order chi connectivity index (χ1) is 12.3. The molecule has 0 atom stereocenters. The third-order valence-electron chi connectivity index (χ3n) is 3.80. The van der Waals surface area contributed by atoms with Gasteiger partial charge in [-0.15, -0.1) is 6.42 Å². The van der Waals surface area contributed by atoms with E-state index < -0.39 is 15.7 Å². The first-order valence-electron chi connectivity index (χ1n) is 7.73. The van der Waals surface area contributed by atoms with E-state index in [9.17, 15) is 13.2 Å². The summed E-state index contributed by atoms with van der Waals surface area (Å²) in [5.74, 6) is 1.96. The van der Waals surface area contributed by atoms with Crippen molar-refractivity contribution in [2.24, 2.45) is 4.99 Å². The van der Waals surface area contributed by atoms with Crippen LogP contribution in [0.15, 0.2) is 52.4 Å². The van der Waals surface area contributed by atoms with E-state index >= 15 is 0 Å². The molecule has 0 aliphatic rings. The number of hydrogen-bond donors (Lipinski definition) is 0. The Morgan fingerprint density at radius 3 is 2.69 bits per heavy atom. The van der Waals surface area contributed by atoms with E-state index in [1.165, 1.54) is 23.5 Å². The highest BCUT2D eigenvalue weighted by Gasteiger charge is 2.18. The van der Waals surface area contributed by atoms with Crippen LogP contribution in [0.5, 0.6) is 0 Å². The van der Waals surface area contributed by atoms with E-state index in [-0.39, 0.29) is 17.0 Å². The van der Waals surface area contributed by atoms with Crippen molar-refractivity contribution in [3.8, 4) is 12.3 Å². The minimum atomic E-state index is -3.54. The van der Waals surface area contributed by atoms with Gasteiger partial charge in [-0.3, -0.25) is 4.79 Å². The molecule has 0 unspecified atom stereocenters. The third-order valence-corrected chi connectivity index (χ3v) is 6.00. The molecule has 0 aliphatic heterocycles. The zero-order chi connectivity index (χ0) is 18.9. The summed E-state index contributed by atoms with van der Waals surface area (Å²) in [4.78, 5) is 17.3. The van der Waals surface area contributed by atoms with Gasteiger partial charge < -0.3 is 4.57 Å². The molecule has 26 heavy (non-hydrogen) atoms. The van der Waals surface area contributed by atoms with Gasteiger partial charge in [-0.2, -0.15) is 4.99 Å². The molecule has 1 aromatic heterocycles. The number of rotatable bonds is 3. The number of sulfone groups is 1. The summed E-state index contributed by atoms with van der Waals surface area (Å²) < 4.78 is 26.6. The van der Waals surface area contributed by atoms with Gasteiger partial charge in [0, 0.05) is 6.26 Å². The Labute approximate surface area is 155 Å². The van der Waals surface area contributed by atoms with E-state index in [4.69, 9.17) is 6.42 Å². The molecule has 7 heteroatoms. The van der Waals surface area contributed by atoms with Gasteiger partial charge in [0.15, 0.2) is 14.6 Å². The van der Waals surface area contributed by atoms with E-state index in [0.29, 0.717) is 4.80 Å². The summed E-state index contributed by atoms with van der Waals surface area (Å²) in [6.07, 6.45) is 6.53. The van der Waals surface area contributed by atoms with Crippen LogP contribution in [-0.2, 0) is 16.4 Å². The summed E-state index contributed by atoms with van der Waals surface area (Å²) in [6.45, 7) is 2.25. The minimum Gasteiger partial charge on any atom is -0.305 e. The van der Waals surface area contributed by atoms with Crippen LogP contribution < -0.4 is 4.80 Å². The lowest BCUT2D eigenvalue weighted by molar-refractivity contribution is 0.0995. The molecule has 0 radical (unpaired) electrons. The van der Waals surface area contributed by atoms with Gasteiger partial charge >= 0.3 is 0 Å². The molecular formula is C19H16N2O3S2. The summed E-state index contributed by atoms with van der Waals surface area (Å²) >= 11 is 1.34. The van der Waals surface area contributed by atoms with E-state index in [1.54, 1.807) is 16.7 Å². The van der Waals surface area contributed by atoms with Gasteiger partial charge in [0.2, 0.25) is 0 Å². The molecule has 1 heterocycles. The molecule has 0 saturated carbocycles. The molecule has 1 amide bonds. The van der Waals surface area contributed by atoms with Gasteiger partial charge in [-0.1, -0.05) is 35.5 Å². The second kappa shape index (κ2) is 6.90. The maximum atomic E-state index is 12.7. The smallest absolute Gasteiger partial charge is 0.280 e. The maximum Gasteiger partial charge on any atom is 0.280 e. The molecule has 0 N–H and O–H groups in total. The molecule has 3 rings (SSSR count). The second-order valence-corrected chi connectivity index (χ2v) is 8.82. The number of amides is 1. The van der Waals surface area contributed by atoms with Crippen LogP contribution in [0.1, 0.15) is 15.9 Å². The zero-order valence-electron chi connectivity index (χ0n) is 14.3. The average Bonchev–Trinajstić information content (AvgIpc) is 2.91. The number of carbonyl (C=O) groups is 1. The van der Waals surface area contributed by atoms with Gasteiger partial charge in [0.25, 0.3) is 5.91 Å². The molecule has 132 valence electrons. The molecule has 2 aromatic carbocycles. The van der Waals surface area contributed by atoms with Crippen molar-refractivity contribution in [1.29, 1.82) is 0 Å². The van der Waals surface area contributed by atoms with Crippen LogP contribution >= 0.6 is 11.3 Å². The van der Waals surface area contributed by atoms with Gasteiger partial charge in [0.05, 0.1) is 27.2 Å². The van der Waals surface area contributed by atoms with Crippen LogP contribution in [0.4, 0.5) is 0 Å². The summed E-state index contributed by atoms with van der Waals surface area (Å²) in [5.41, 5.74) is 2.03. The highest BCUT2D eigenvalue weighted by Crippen LogP contribution is 2.20. The summed E-state index contributed by atoms with van der Waals surface area (Å²) in [5, 5.41) is 0. The topological polar surface area (TPSA) is 68.5 Å². The molecule has 0 saturated heterocycles. The van der Waals surface area contributed by atoms with E-state index in [0.717, 1.165) is 22.0 Å². The van der Waals surface area contributed by atoms with Crippen molar-refractivity contribution in [2.75, 3.05) is 6.26 Å². The van der Waals surface area contributed by atoms with Crippen LogP contribution in [0.3, 0.4) is 0 Å². The Morgan fingerprint density at radius 1 is 1.27 bits per heavy atom. The number of benzene rings is 2. The molecule has 0 aliphatic carbocycles. The van der Waals surface area contributed by atoms with Crippen LogP contribution in [-0.4, -0.2) is 25.1 Å². The normalized spacial score (nSPS) is 12.3. The lowest BCUT2D eigenvalue weighted by atomic mass is 10.2. The Kier molecular flexibility index (Phi) is 4.81. The lowest BCUT2D eigenvalue weighted by Crippen LogP contribution is -2.17. The number of aromatic nitrogens is 1. The first kappa shape index (κ1) is 18.1. The van der Waals surface area contributed by atoms with Gasteiger partial charge in [-0.05, 0) is 36.8 Å². The predicted octanol–water partition coefficient (Wildman–Crippen LogP) is 2.79. The van der Waals surface area contributed by atoms with Crippen LogP contribution in [0, 0.1) is 19.3 Å². The average molecular weight is 384 g/mol. The van der Waals surface area contributed by atoms with Crippen molar-refractivity contribution in [2.45, 2.75) is 18.4 Å². The van der Waals surface area contributed by atoms with Crippen molar-refractivity contribution >= 4 is 37.3 Å². The molecular weight excluding hydrogens is 368 g/mol. The molecule has 3 aromatic rings. The standard InChI is InChI=1S/C19H16N2O3S2/c1-4-11-21-15-10-9-13(2)12-16(15)25-19(21)20-18(22)14-7-5-6-8-17(14)26(3,23)24/h1,5-10,12H,11H2,2-3H3. The van der Waals surface area contributed by atoms with Crippen molar-refractivity contribution in [3.63, 3.8) is 0 Å². The number of thiazole rings is 1. The summed E-state index contributed by atoms with van der Waals surface area (Å²) in [7, 11) is -3.54. The summed E-state index contributed by atoms with van der Waals surface area (Å²) in [6, 6.07) is 12.0. The van der Waals surface area contributed by atoms with Crippen molar-refractivity contribution in [3.05, 3.63) is 58.4 Å². The Balaban J connectivity index is 2.22. The third kappa shape index (κ3) is 3.47. The quantitative estimate of drug-likeness (QED) is 0.652. The largest absolute Gasteiger partial charge is 0.305 e. The lowest BCUT2D eigenvalue weighted by Gasteiger charge is -2.04. The number of terminal acetylenes is 1. The van der Waals surface area contributed by atoms with E-state index in [2.05, 4.69) is 10.9 Å². The molecule has 0 spiro atoms. The zero-order valence-corrected chi connectivity index (χ0v) is 15.9. The number of nitrogens with zero attached hydrogens (tertiary/aromatic N) is 2. The monoisotopic (exact) mass is 384 g/mol. The fourth-order valence-electron chi connectivity index (χ4n) is 2.62. The Bertz CT molecular complexity index is 1230. The fourth-order valence-corrected chi connectivity index (χ4v) is 4.63. The fraction of sp³-hybridized carbons (Fsp3) is 0.158. The first-order valence-corrected chi connectivity index (χ1v) is 10.4. The number of fused-ring (bicyclic) bond motifs is 1. The predicted molar refractivity (Wildman–Crippen MR) is 103 cm³/mol. The van der Waals surface area contributed by atoms with Gasteiger partial charge in [0.1, 0.15) is 0 Å². The number of aryl methyl sites for hydroxylation is 1. The Hall–Kier alpha value is -2.69. The van der Waals surface area contributed by atoms with Crippen molar-refractivity contribution < 1.29 is 13.2 Å². The highest BCUT2D eigenvalue weighted by atomic mass is 32.2. The Morgan fingerprint density at radius 2 is 2.00 bits per heavy atom. The van der Waals surface area contributed by atoms with Crippen molar-refractivity contribution in [1.82, 2.24) is 4.57 Å². The maximum absolute atomic E-state index is 12.7. The number of hydrogen-bond acceptors (Lipinski definition) is 4. The van der Waals surface area contributed by atoms with E-state index in [1.807, 2.05) is 25.1 Å². The number of carbonyl (C=O) groups excluding carboxylic acids is 1. The van der Waals surface area contributed by atoms with Gasteiger partial charge in [-0.25, -0.2) is 8.42 Å². The molecule has 0 fully saturated rings. The highest BCUT2D eigenvalue weighted by molar-refractivity contribution is 7.90.